The van der Waals surface area contributed by atoms with E-state index < -0.39 is 6.03 Å². The SMILES string of the molecule is CC[C@H](C)N1CCC(=O)N(CC(=O)c2[nH]c(C)c(C(C)=O)c2C)C1=O. The lowest BCUT2D eigenvalue weighted by Gasteiger charge is -2.37. The predicted molar refractivity (Wildman–Crippen MR) is 92.8 cm³/mol. The minimum absolute atomic E-state index is 0.0111. The summed E-state index contributed by atoms with van der Waals surface area (Å²) in [5.41, 5.74) is 1.95. The highest BCUT2D eigenvalue weighted by atomic mass is 16.2. The van der Waals surface area contributed by atoms with Gasteiger partial charge in [-0.05, 0) is 39.7 Å². The molecule has 7 nitrogen and oxygen atoms in total. The number of Topliss-reactive ketones (excluding diaryl/α,β-unsaturated/α-hetero) is 2. The molecule has 0 spiro atoms. The third-order valence-corrected chi connectivity index (χ3v) is 4.84. The largest absolute Gasteiger partial charge is 0.355 e. The van der Waals surface area contributed by atoms with Crippen LogP contribution >= 0.6 is 0 Å². The van der Waals surface area contributed by atoms with Gasteiger partial charge in [0.15, 0.2) is 11.6 Å². The van der Waals surface area contributed by atoms with E-state index in [1.807, 2.05) is 13.8 Å². The fourth-order valence-electron chi connectivity index (χ4n) is 3.27. The number of aryl methyl sites for hydroxylation is 1. The average molecular weight is 347 g/mol. The van der Waals surface area contributed by atoms with E-state index in [1.54, 1.807) is 18.7 Å². The van der Waals surface area contributed by atoms with E-state index in [-0.39, 0.29) is 42.2 Å². The maximum absolute atomic E-state index is 12.7. The number of amides is 3. The van der Waals surface area contributed by atoms with Gasteiger partial charge in [-0.25, -0.2) is 4.79 Å². The zero-order valence-corrected chi connectivity index (χ0v) is 15.4. The summed E-state index contributed by atoms with van der Waals surface area (Å²) in [5, 5.41) is 0. The number of H-pyrrole nitrogens is 1. The van der Waals surface area contributed by atoms with E-state index in [0.29, 0.717) is 23.4 Å². The summed E-state index contributed by atoms with van der Waals surface area (Å²) in [4.78, 5) is 54.7. The zero-order valence-electron chi connectivity index (χ0n) is 15.4. The molecule has 7 heteroatoms. The second-order valence-electron chi connectivity index (χ2n) is 6.57. The minimum Gasteiger partial charge on any atom is -0.355 e. The van der Waals surface area contributed by atoms with E-state index in [4.69, 9.17) is 0 Å². The van der Waals surface area contributed by atoms with Crippen LogP contribution in [0.3, 0.4) is 0 Å². The van der Waals surface area contributed by atoms with Gasteiger partial charge in [-0.2, -0.15) is 0 Å². The van der Waals surface area contributed by atoms with Crippen molar-refractivity contribution in [3.05, 3.63) is 22.5 Å². The third-order valence-electron chi connectivity index (χ3n) is 4.84. The van der Waals surface area contributed by atoms with Crippen molar-refractivity contribution in [1.29, 1.82) is 0 Å². The second kappa shape index (κ2) is 7.21. The summed E-state index contributed by atoms with van der Waals surface area (Å²) in [6.45, 7) is 8.82. The molecule has 1 aliphatic rings. The Balaban J connectivity index is 2.24. The maximum Gasteiger partial charge on any atom is 0.327 e. The molecule has 136 valence electrons. The van der Waals surface area contributed by atoms with Crippen LogP contribution < -0.4 is 0 Å². The number of carbonyl (C=O) groups excluding carboxylic acids is 4. The van der Waals surface area contributed by atoms with Gasteiger partial charge in [0.1, 0.15) is 0 Å². The monoisotopic (exact) mass is 347 g/mol. The third kappa shape index (κ3) is 3.50. The lowest BCUT2D eigenvalue weighted by Crippen LogP contribution is -2.56. The molecule has 0 aliphatic carbocycles. The van der Waals surface area contributed by atoms with Gasteiger partial charge in [0, 0.05) is 30.3 Å². The number of urea groups is 1. The molecule has 0 bridgehead atoms. The van der Waals surface area contributed by atoms with Gasteiger partial charge in [-0.1, -0.05) is 6.92 Å². The molecule has 1 atom stereocenters. The van der Waals surface area contributed by atoms with Crippen molar-refractivity contribution in [1.82, 2.24) is 14.8 Å². The number of hydrogen-bond donors (Lipinski definition) is 1. The number of aromatic nitrogens is 1. The highest BCUT2D eigenvalue weighted by molar-refractivity contribution is 6.07. The van der Waals surface area contributed by atoms with Crippen LogP contribution in [-0.4, -0.2) is 57.4 Å². The van der Waals surface area contributed by atoms with Crippen LogP contribution in [0.1, 0.15) is 65.7 Å². The van der Waals surface area contributed by atoms with Gasteiger partial charge >= 0.3 is 6.03 Å². The normalized spacial score (nSPS) is 16.4. The molecule has 25 heavy (non-hydrogen) atoms. The number of aromatic amines is 1. The number of imide groups is 1. The van der Waals surface area contributed by atoms with Crippen molar-refractivity contribution in [2.75, 3.05) is 13.1 Å². The Bertz CT molecular complexity index is 735. The molecule has 1 fully saturated rings. The average Bonchev–Trinajstić information content (AvgIpc) is 2.85. The molecular formula is C18H25N3O4. The van der Waals surface area contributed by atoms with Crippen molar-refractivity contribution >= 4 is 23.5 Å². The maximum atomic E-state index is 12.7. The van der Waals surface area contributed by atoms with Crippen molar-refractivity contribution in [2.24, 2.45) is 0 Å². The topological polar surface area (TPSA) is 90.6 Å². The predicted octanol–water partition coefficient (Wildman–Crippen LogP) is 2.47. The van der Waals surface area contributed by atoms with E-state index in [2.05, 4.69) is 4.98 Å². The Kier molecular flexibility index (Phi) is 5.45. The summed E-state index contributed by atoms with van der Waals surface area (Å²) < 4.78 is 0. The standard InChI is InChI=1S/C18H25N3O4/c1-6-10(2)20-8-7-15(24)21(18(20)25)9-14(23)17-11(3)16(13(5)22)12(4)19-17/h10,19H,6-9H2,1-5H3/t10-/m0/s1. The van der Waals surface area contributed by atoms with Gasteiger partial charge in [0.05, 0.1) is 12.2 Å². The molecule has 0 aromatic carbocycles. The number of carbonyl (C=O) groups is 4. The van der Waals surface area contributed by atoms with Gasteiger partial charge in [0.25, 0.3) is 0 Å². The number of nitrogens with one attached hydrogen (secondary N) is 1. The summed E-state index contributed by atoms with van der Waals surface area (Å²) in [6.07, 6.45) is 0.989. The van der Waals surface area contributed by atoms with Crippen LogP contribution in [0, 0.1) is 13.8 Å². The number of hydrogen-bond acceptors (Lipinski definition) is 4. The molecular weight excluding hydrogens is 322 g/mol. The van der Waals surface area contributed by atoms with Crippen molar-refractivity contribution in [2.45, 2.75) is 53.5 Å². The summed E-state index contributed by atoms with van der Waals surface area (Å²) in [7, 11) is 0. The lowest BCUT2D eigenvalue weighted by molar-refractivity contribution is -0.130. The molecule has 2 heterocycles. The first-order valence-electron chi connectivity index (χ1n) is 8.53. The molecule has 1 N–H and O–H groups in total. The van der Waals surface area contributed by atoms with E-state index >= 15 is 0 Å². The van der Waals surface area contributed by atoms with Crippen LogP contribution in [0.5, 0.6) is 0 Å². The zero-order chi connectivity index (χ0) is 18.9. The van der Waals surface area contributed by atoms with Crippen LogP contribution in [0.25, 0.3) is 0 Å². The highest BCUT2D eigenvalue weighted by Crippen LogP contribution is 2.21. The lowest BCUT2D eigenvalue weighted by atomic mass is 10.0. The summed E-state index contributed by atoms with van der Waals surface area (Å²) in [5.74, 6) is -0.843. The number of ketones is 2. The smallest absolute Gasteiger partial charge is 0.327 e. The first-order chi connectivity index (χ1) is 11.7. The first-order valence-corrected chi connectivity index (χ1v) is 8.53. The molecule has 3 amide bonds. The van der Waals surface area contributed by atoms with Gasteiger partial charge in [0.2, 0.25) is 5.91 Å². The Hall–Kier alpha value is -2.44. The first kappa shape index (κ1) is 18.9. The summed E-state index contributed by atoms with van der Waals surface area (Å²) in [6, 6.07) is -0.413. The molecule has 0 radical (unpaired) electrons. The van der Waals surface area contributed by atoms with Crippen molar-refractivity contribution in [3.8, 4) is 0 Å². The van der Waals surface area contributed by atoms with Crippen LogP contribution in [0.4, 0.5) is 4.79 Å². The van der Waals surface area contributed by atoms with Crippen LogP contribution in [0.2, 0.25) is 0 Å². The quantitative estimate of drug-likeness (QED) is 0.800. The van der Waals surface area contributed by atoms with E-state index in [1.165, 1.54) is 6.92 Å². The number of nitrogens with zero attached hydrogens (tertiary/aromatic N) is 2. The fraction of sp³-hybridized carbons (Fsp3) is 0.556. The Labute approximate surface area is 147 Å². The van der Waals surface area contributed by atoms with Gasteiger partial charge in [-0.15, -0.1) is 0 Å². The molecule has 0 unspecified atom stereocenters. The summed E-state index contributed by atoms with van der Waals surface area (Å²) >= 11 is 0. The van der Waals surface area contributed by atoms with Crippen LogP contribution in [0.15, 0.2) is 0 Å². The molecule has 1 aliphatic heterocycles. The van der Waals surface area contributed by atoms with E-state index in [9.17, 15) is 19.2 Å². The molecule has 1 aromatic heterocycles. The van der Waals surface area contributed by atoms with E-state index in [0.717, 1.165) is 11.3 Å². The van der Waals surface area contributed by atoms with Gasteiger partial charge < -0.3 is 9.88 Å². The molecule has 2 rings (SSSR count). The number of rotatable bonds is 6. The van der Waals surface area contributed by atoms with Crippen molar-refractivity contribution in [3.63, 3.8) is 0 Å². The highest BCUT2D eigenvalue weighted by Gasteiger charge is 2.35. The molecule has 0 saturated carbocycles. The molecule has 1 aromatic rings. The van der Waals surface area contributed by atoms with Gasteiger partial charge in [-0.3, -0.25) is 19.3 Å². The molecule has 1 saturated heterocycles. The second-order valence-corrected chi connectivity index (χ2v) is 6.57. The Morgan fingerprint density at radius 1 is 1.24 bits per heavy atom. The fourth-order valence-corrected chi connectivity index (χ4v) is 3.27. The minimum atomic E-state index is -0.424. The Morgan fingerprint density at radius 3 is 2.40 bits per heavy atom. The Morgan fingerprint density at radius 2 is 1.88 bits per heavy atom. The van der Waals surface area contributed by atoms with Crippen molar-refractivity contribution < 1.29 is 19.2 Å². The van der Waals surface area contributed by atoms with Crippen LogP contribution in [-0.2, 0) is 4.79 Å².